The molecule has 0 aromatic heterocycles. The summed E-state index contributed by atoms with van der Waals surface area (Å²) >= 11 is 2.09. The van der Waals surface area contributed by atoms with Crippen LogP contribution in [0.3, 0.4) is 0 Å². The van der Waals surface area contributed by atoms with Crippen LogP contribution in [0.4, 0.5) is 0 Å². The summed E-state index contributed by atoms with van der Waals surface area (Å²) in [7, 11) is 3.60. The number of ether oxygens (including phenoxy) is 1. The molecule has 1 fully saturated rings. The minimum atomic E-state index is 0. The molecule has 4 nitrogen and oxygen atoms in total. The van der Waals surface area contributed by atoms with Crippen molar-refractivity contribution in [2.45, 2.75) is 25.5 Å². The topological polar surface area (TPSA) is 36.9 Å². The molecule has 0 saturated carbocycles. The Bertz CT molecular complexity index is 525. The number of para-hydroxylation sites is 1. The van der Waals surface area contributed by atoms with E-state index < -0.39 is 0 Å². The van der Waals surface area contributed by atoms with Crippen LogP contribution in [0, 0.1) is 5.92 Å². The number of thioether (sulfide) groups is 1. The molecule has 136 valence electrons. The van der Waals surface area contributed by atoms with Crippen LogP contribution in [0.2, 0.25) is 0 Å². The molecule has 1 heterocycles. The molecule has 0 aliphatic carbocycles. The summed E-state index contributed by atoms with van der Waals surface area (Å²) in [4.78, 5) is 6.86. The molecule has 1 atom stereocenters. The minimum Gasteiger partial charge on any atom is -0.496 e. The zero-order valence-electron chi connectivity index (χ0n) is 15.1. The molecular weight excluding hydrogens is 433 g/mol. The highest BCUT2D eigenvalue weighted by Gasteiger charge is 2.24. The van der Waals surface area contributed by atoms with Gasteiger partial charge in [0, 0.05) is 37.7 Å². The first-order valence-electron chi connectivity index (χ1n) is 8.34. The van der Waals surface area contributed by atoms with Crippen LogP contribution in [0.15, 0.2) is 29.3 Å². The summed E-state index contributed by atoms with van der Waals surface area (Å²) in [5, 5.41) is 4.20. The van der Waals surface area contributed by atoms with Crippen molar-refractivity contribution in [2.75, 3.05) is 39.5 Å². The number of guanidine groups is 1. The summed E-state index contributed by atoms with van der Waals surface area (Å²) in [5.41, 5.74) is 1.23. The van der Waals surface area contributed by atoms with Gasteiger partial charge < -0.3 is 15.0 Å². The van der Waals surface area contributed by atoms with Gasteiger partial charge in [0.15, 0.2) is 5.96 Å². The van der Waals surface area contributed by atoms with E-state index in [4.69, 9.17) is 4.74 Å². The normalized spacial score (nSPS) is 18.3. The van der Waals surface area contributed by atoms with Gasteiger partial charge in [-0.3, -0.25) is 4.99 Å². The molecular formula is C18H30IN3OS. The number of nitrogens with zero attached hydrogens (tertiary/aromatic N) is 2. The maximum absolute atomic E-state index is 5.41. The second-order valence-corrected chi connectivity index (χ2v) is 7.48. The van der Waals surface area contributed by atoms with Crippen molar-refractivity contribution in [1.29, 1.82) is 0 Å². The molecule has 6 heteroatoms. The van der Waals surface area contributed by atoms with Crippen LogP contribution in [-0.4, -0.2) is 55.7 Å². The maximum atomic E-state index is 5.41. The van der Waals surface area contributed by atoms with Crippen molar-refractivity contribution >= 4 is 41.7 Å². The molecule has 1 aliphatic heterocycles. The average Bonchev–Trinajstić information content (AvgIpc) is 2.59. The predicted octanol–water partition coefficient (Wildman–Crippen LogP) is 3.50. The molecule has 1 aromatic carbocycles. The van der Waals surface area contributed by atoms with E-state index in [0.29, 0.717) is 11.2 Å². The lowest BCUT2D eigenvalue weighted by molar-refractivity contribution is 0.380. The third-order valence-corrected chi connectivity index (χ3v) is 5.76. The summed E-state index contributed by atoms with van der Waals surface area (Å²) in [6.07, 6.45) is 0.930. The lowest BCUT2D eigenvalue weighted by atomic mass is 10.1. The maximum Gasteiger partial charge on any atom is 0.193 e. The number of hydrogen-bond acceptors (Lipinski definition) is 3. The van der Waals surface area contributed by atoms with Crippen molar-refractivity contribution < 1.29 is 4.74 Å². The van der Waals surface area contributed by atoms with Gasteiger partial charge in [-0.1, -0.05) is 32.0 Å². The summed E-state index contributed by atoms with van der Waals surface area (Å²) in [6, 6.07) is 8.20. The highest BCUT2D eigenvalue weighted by Crippen LogP contribution is 2.24. The van der Waals surface area contributed by atoms with Crippen LogP contribution in [-0.2, 0) is 6.42 Å². The monoisotopic (exact) mass is 463 g/mol. The summed E-state index contributed by atoms with van der Waals surface area (Å²) < 4.78 is 5.41. The molecule has 2 rings (SSSR count). The second kappa shape index (κ2) is 11.1. The van der Waals surface area contributed by atoms with E-state index in [1.54, 1.807) is 7.11 Å². The Morgan fingerprint density at radius 3 is 2.83 bits per heavy atom. The van der Waals surface area contributed by atoms with Gasteiger partial charge in [-0.05, 0) is 24.0 Å². The van der Waals surface area contributed by atoms with Gasteiger partial charge in [0.2, 0.25) is 0 Å². The fourth-order valence-electron chi connectivity index (χ4n) is 2.82. The van der Waals surface area contributed by atoms with Crippen LogP contribution >= 0.6 is 35.7 Å². The molecule has 0 spiro atoms. The Morgan fingerprint density at radius 2 is 2.17 bits per heavy atom. The number of hydrogen-bond donors (Lipinski definition) is 1. The van der Waals surface area contributed by atoms with Gasteiger partial charge in [-0.25, -0.2) is 0 Å². The Hall–Kier alpha value is -0.630. The predicted molar refractivity (Wildman–Crippen MR) is 116 cm³/mol. The zero-order valence-corrected chi connectivity index (χ0v) is 18.3. The first-order valence-corrected chi connectivity index (χ1v) is 9.39. The van der Waals surface area contributed by atoms with Crippen LogP contribution in [0.5, 0.6) is 5.75 Å². The van der Waals surface area contributed by atoms with E-state index in [0.717, 1.165) is 37.8 Å². The molecule has 0 radical (unpaired) electrons. The van der Waals surface area contributed by atoms with Crippen molar-refractivity contribution in [1.82, 2.24) is 10.2 Å². The largest absolute Gasteiger partial charge is 0.496 e. The second-order valence-electron chi connectivity index (χ2n) is 6.14. The minimum absolute atomic E-state index is 0. The number of aliphatic imine (C=N–C) groups is 1. The smallest absolute Gasteiger partial charge is 0.193 e. The van der Waals surface area contributed by atoms with Crippen LogP contribution in [0.25, 0.3) is 0 Å². The van der Waals surface area contributed by atoms with Crippen molar-refractivity contribution in [2.24, 2.45) is 10.9 Å². The van der Waals surface area contributed by atoms with E-state index in [1.165, 1.54) is 11.3 Å². The molecule has 1 saturated heterocycles. The van der Waals surface area contributed by atoms with Crippen molar-refractivity contribution in [3.8, 4) is 5.75 Å². The number of rotatable bonds is 5. The number of halogens is 1. The van der Waals surface area contributed by atoms with E-state index >= 15 is 0 Å². The third-order valence-electron chi connectivity index (χ3n) is 4.22. The van der Waals surface area contributed by atoms with E-state index in [2.05, 4.69) is 53.0 Å². The lowest BCUT2D eigenvalue weighted by Crippen LogP contribution is -2.49. The van der Waals surface area contributed by atoms with Gasteiger partial charge >= 0.3 is 0 Å². The summed E-state index contributed by atoms with van der Waals surface area (Å²) in [6.45, 7) is 7.62. The fraction of sp³-hybridized carbons (Fsp3) is 0.611. The molecule has 0 bridgehead atoms. The van der Waals surface area contributed by atoms with Crippen molar-refractivity contribution in [3.05, 3.63) is 29.8 Å². The van der Waals surface area contributed by atoms with Crippen LogP contribution in [0.1, 0.15) is 19.4 Å². The Morgan fingerprint density at radius 1 is 1.42 bits per heavy atom. The lowest BCUT2D eigenvalue weighted by Gasteiger charge is -2.36. The molecule has 1 aliphatic rings. The molecule has 0 amide bonds. The van der Waals surface area contributed by atoms with Crippen LogP contribution < -0.4 is 10.1 Å². The van der Waals surface area contributed by atoms with E-state index in [1.807, 2.05) is 19.2 Å². The fourth-order valence-corrected chi connectivity index (χ4v) is 4.12. The molecule has 1 aromatic rings. The highest BCUT2D eigenvalue weighted by molar-refractivity contribution is 14.0. The highest BCUT2D eigenvalue weighted by atomic mass is 127. The van der Waals surface area contributed by atoms with Gasteiger partial charge in [0.25, 0.3) is 0 Å². The number of nitrogens with one attached hydrogen (secondary N) is 1. The van der Waals surface area contributed by atoms with Crippen molar-refractivity contribution in [3.63, 3.8) is 0 Å². The molecule has 1 unspecified atom stereocenters. The van der Waals surface area contributed by atoms with Gasteiger partial charge in [0.05, 0.1) is 7.11 Å². The van der Waals surface area contributed by atoms with Gasteiger partial charge in [-0.15, -0.1) is 24.0 Å². The quantitative estimate of drug-likeness (QED) is 0.412. The van der Waals surface area contributed by atoms with Gasteiger partial charge in [0.1, 0.15) is 5.75 Å². The first kappa shape index (κ1) is 21.4. The first-order chi connectivity index (χ1) is 11.2. The van der Waals surface area contributed by atoms with E-state index in [-0.39, 0.29) is 24.0 Å². The van der Waals surface area contributed by atoms with Gasteiger partial charge in [-0.2, -0.15) is 11.8 Å². The summed E-state index contributed by atoms with van der Waals surface area (Å²) in [5.74, 6) is 3.86. The number of benzene rings is 1. The standard InChI is InChI=1S/C18H29N3OS.HI/c1-14(2)17-13-21(11-12-23-17)18(19-3)20-10-9-15-7-5-6-8-16(15)22-4;/h5-8,14,17H,9-13H2,1-4H3,(H,19,20);1H. The van der Waals surface area contributed by atoms with E-state index in [9.17, 15) is 0 Å². The SMILES string of the molecule is CN=C(NCCc1ccccc1OC)N1CCSC(C(C)C)C1.I. The molecule has 1 N–H and O–H groups in total. The zero-order chi connectivity index (χ0) is 16.7. The Balaban J connectivity index is 0.00000288. The molecule has 24 heavy (non-hydrogen) atoms. The Labute approximate surface area is 167 Å². The number of methoxy groups -OCH3 is 1. The third kappa shape index (κ3) is 6.02. The Kier molecular flexibility index (Phi) is 9.88. The average molecular weight is 463 g/mol.